The molecule has 102 valence electrons. The van der Waals surface area contributed by atoms with Crippen molar-refractivity contribution in [3.8, 4) is 0 Å². The molecule has 0 saturated carbocycles. The summed E-state index contributed by atoms with van der Waals surface area (Å²) in [7, 11) is 0. The lowest BCUT2D eigenvalue weighted by atomic mass is 10.00. The first-order valence-corrected chi connectivity index (χ1v) is 6.87. The van der Waals surface area contributed by atoms with Gasteiger partial charge in [0.1, 0.15) is 0 Å². The summed E-state index contributed by atoms with van der Waals surface area (Å²) in [4.78, 5) is 0. The van der Waals surface area contributed by atoms with Crippen molar-refractivity contribution < 1.29 is 4.74 Å². The standard InChI is InChI=1S/C12H23N5O/c1-4-11-10(6-7-18-11)8-17-12(14-15-16-17)9(3)13-5-2/h9-11,13H,4-8H2,1-3H3. The Morgan fingerprint density at radius 3 is 3.06 bits per heavy atom. The van der Waals surface area contributed by atoms with Gasteiger partial charge in [0.25, 0.3) is 0 Å². The van der Waals surface area contributed by atoms with E-state index < -0.39 is 0 Å². The van der Waals surface area contributed by atoms with Gasteiger partial charge >= 0.3 is 0 Å². The summed E-state index contributed by atoms with van der Waals surface area (Å²) in [5.41, 5.74) is 0. The molecule has 0 spiro atoms. The van der Waals surface area contributed by atoms with Crippen LogP contribution in [0.3, 0.4) is 0 Å². The highest BCUT2D eigenvalue weighted by atomic mass is 16.5. The Balaban J connectivity index is 2.03. The van der Waals surface area contributed by atoms with E-state index in [2.05, 4.69) is 41.6 Å². The van der Waals surface area contributed by atoms with Crippen molar-refractivity contribution in [2.24, 2.45) is 5.92 Å². The molecule has 6 heteroatoms. The van der Waals surface area contributed by atoms with Gasteiger partial charge in [-0.1, -0.05) is 13.8 Å². The molecule has 0 radical (unpaired) electrons. The normalized spacial score (nSPS) is 25.5. The van der Waals surface area contributed by atoms with Crippen LogP contribution < -0.4 is 5.32 Å². The molecule has 2 rings (SSSR count). The van der Waals surface area contributed by atoms with Crippen LogP contribution in [0.4, 0.5) is 0 Å². The van der Waals surface area contributed by atoms with Crippen molar-refractivity contribution in [1.29, 1.82) is 0 Å². The molecule has 1 N–H and O–H groups in total. The van der Waals surface area contributed by atoms with E-state index in [0.717, 1.165) is 38.4 Å². The van der Waals surface area contributed by atoms with Gasteiger partial charge in [0.2, 0.25) is 0 Å². The van der Waals surface area contributed by atoms with E-state index in [4.69, 9.17) is 4.74 Å². The highest BCUT2D eigenvalue weighted by molar-refractivity contribution is 4.90. The van der Waals surface area contributed by atoms with Crippen LogP contribution >= 0.6 is 0 Å². The number of ether oxygens (including phenoxy) is 1. The van der Waals surface area contributed by atoms with Gasteiger partial charge in [0.05, 0.1) is 18.7 Å². The zero-order chi connectivity index (χ0) is 13.0. The Labute approximate surface area is 108 Å². The summed E-state index contributed by atoms with van der Waals surface area (Å²) in [6.45, 7) is 8.99. The minimum atomic E-state index is 0.187. The number of tetrazole rings is 1. The number of hydrogen-bond acceptors (Lipinski definition) is 5. The third-order valence-corrected chi connectivity index (χ3v) is 3.61. The first-order chi connectivity index (χ1) is 8.76. The maximum Gasteiger partial charge on any atom is 0.167 e. The molecule has 18 heavy (non-hydrogen) atoms. The number of rotatable bonds is 6. The Kier molecular flexibility index (Phi) is 4.66. The molecule has 1 saturated heterocycles. The van der Waals surface area contributed by atoms with E-state index in [9.17, 15) is 0 Å². The van der Waals surface area contributed by atoms with Gasteiger partial charge < -0.3 is 10.1 Å². The molecule has 3 unspecified atom stereocenters. The van der Waals surface area contributed by atoms with Crippen LogP contribution in [0.1, 0.15) is 45.5 Å². The molecule has 3 atom stereocenters. The lowest BCUT2D eigenvalue weighted by Gasteiger charge is -2.18. The summed E-state index contributed by atoms with van der Waals surface area (Å²) in [6.07, 6.45) is 2.52. The van der Waals surface area contributed by atoms with E-state index in [1.54, 1.807) is 0 Å². The molecule has 0 bridgehead atoms. The maximum absolute atomic E-state index is 5.71. The molecule has 1 aliphatic rings. The van der Waals surface area contributed by atoms with Gasteiger partial charge in [-0.15, -0.1) is 5.10 Å². The second-order valence-electron chi connectivity index (χ2n) is 4.86. The van der Waals surface area contributed by atoms with E-state index in [1.165, 1.54) is 0 Å². The molecule has 1 aromatic heterocycles. The summed E-state index contributed by atoms with van der Waals surface area (Å²) in [5.74, 6) is 1.45. The van der Waals surface area contributed by atoms with Crippen molar-refractivity contribution >= 4 is 0 Å². The van der Waals surface area contributed by atoms with Gasteiger partial charge in [-0.25, -0.2) is 4.68 Å². The van der Waals surface area contributed by atoms with Crippen LogP contribution in [0.25, 0.3) is 0 Å². The number of aromatic nitrogens is 4. The van der Waals surface area contributed by atoms with Crippen molar-refractivity contribution in [2.75, 3.05) is 13.2 Å². The predicted molar refractivity (Wildman–Crippen MR) is 68.0 cm³/mol. The first-order valence-electron chi connectivity index (χ1n) is 6.87. The Hall–Kier alpha value is -1.01. The Morgan fingerprint density at radius 2 is 2.33 bits per heavy atom. The second-order valence-corrected chi connectivity index (χ2v) is 4.86. The fourth-order valence-electron chi connectivity index (χ4n) is 2.62. The van der Waals surface area contributed by atoms with Gasteiger partial charge in [-0.05, 0) is 36.7 Å². The molecular weight excluding hydrogens is 230 g/mol. The van der Waals surface area contributed by atoms with Crippen LogP contribution in [-0.4, -0.2) is 39.5 Å². The fraction of sp³-hybridized carbons (Fsp3) is 0.917. The van der Waals surface area contributed by atoms with Crippen molar-refractivity contribution in [2.45, 2.75) is 52.3 Å². The second kappa shape index (κ2) is 6.24. The van der Waals surface area contributed by atoms with Crippen LogP contribution in [-0.2, 0) is 11.3 Å². The zero-order valence-corrected chi connectivity index (χ0v) is 11.5. The molecule has 0 amide bonds. The van der Waals surface area contributed by atoms with Crippen LogP contribution in [0.5, 0.6) is 0 Å². The quantitative estimate of drug-likeness (QED) is 0.824. The van der Waals surface area contributed by atoms with Crippen molar-refractivity contribution in [3.05, 3.63) is 5.82 Å². The molecule has 0 aromatic carbocycles. The lowest BCUT2D eigenvalue weighted by Crippen LogP contribution is -2.26. The van der Waals surface area contributed by atoms with Gasteiger partial charge in [0.15, 0.2) is 5.82 Å². The third kappa shape index (κ3) is 2.87. The Bertz CT molecular complexity index is 367. The third-order valence-electron chi connectivity index (χ3n) is 3.61. The topological polar surface area (TPSA) is 64.9 Å². The number of nitrogens with zero attached hydrogens (tertiary/aromatic N) is 4. The average molecular weight is 253 g/mol. The van der Waals surface area contributed by atoms with Crippen molar-refractivity contribution in [3.63, 3.8) is 0 Å². The van der Waals surface area contributed by atoms with Crippen molar-refractivity contribution in [1.82, 2.24) is 25.5 Å². The van der Waals surface area contributed by atoms with Gasteiger partial charge in [-0.3, -0.25) is 0 Å². The minimum Gasteiger partial charge on any atom is -0.378 e. The molecule has 2 heterocycles. The van der Waals surface area contributed by atoms with Crippen LogP contribution in [0, 0.1) is 5.92 Å². The van der Waals surface area contributed by atoms with Crippen LogP contribution in [0.2, 0.25) is 0 Å². The number of nitrogens with one attached hydrogen (secondary N) is 1. The average Bonchev–Trinajstić information content (AvgIpc) is 2.98. The Morgan fingerprint density at radius 1 is 1.50 bits per heavy atom. The highest BCUT2D eigenvalue weighted by Crippen LogP contribution is 2.25. The van der Waals surface area contributed by atoms with E-state index >= 15 is 0 Å². The molecular formula is C12H23N5O. The van der Waals surface area contributed by atoms with Gasteiger partial charge in [0, 0.05) is 12.5 Å². The summed E-state index contributed by atoms with van der Waals surface area (Å²) < 4.78 is 7.64. The van der Waals surface area contributed by atoms with E-state index in [-0.39, 0.29) is 6.04 Å². The molecule has 1 aromatic rings. The summed E-state index contributed by atoms with van der Waals surface area (Å²) in [6, 6.07) is 0.187. The summed E-state index contributed by atoms with van der Waals surface area (Å²) >= 11 is 0. The minimum absolute atomic E-state index is 0.187. The van der Waals surface area contributed by atoms with E-state index in [0.29, 0.717) is 12.0 Å². The first kappa shape index (κ1) is 13.4. The zero-order valence-electron chi connectivity index (χ0n) is 11.5. The number of hydrogen-bond donors (Lipinski definition) is 1. The smallest absolute Gasteiger partial charge is 0.167 e. The summed E-state index contributed by atoms with van der Waals surface area (Å²) in [5, 5.41) is 15.4. The fourth-order valence-corrected chi connectivity index (χ4v) is 2.62. The molecule has 6 nitrogen and oxygen atoms in total. The SMILES string of the molecule is CCNC(C)c1nnnn1CC1CCOC1CC. The monoisotopic (exact) mass is 253 g/mol. The van der Waals surface area contributed by atoms with Gasteiger partial charge in [-0.2, -0.15) is 0 Å². The largest absolute Gasteiger partial charge is 0.378 e. The highest BCUT2D eigenvalue weighted by Gasteiger charge is 2.28. The van der Waals surface area contributed by atoms with E-state index in [1.807, 2.05) is 4.68 Å². The molecule has 1 aliphatic heterocycles. The van der Waals surface area contributed by atoms with Crippen LogP contribution in [0.15, 0.2) is 0 Å². The molecule has 1 fully saturated rings. The molecule has 0 aliphatic carbocycles. The maximum atomic E-state index is 5.71. The predicted octanol–water partition coefficient (Wildman–Crippen LogP) is 1.16. The lowest BCUT2D eigenvalue weighted by molar-refractivity contribution is 0.0820.